The van der Waals surface area contributed by atoms with Crippen molar-refractivity contribution < 1.29 is 23.1 Å². The maximum atomic E-state index is 12.9. The quantitative estimate of drug-likeness (QED) is 0.258. The van der Waals surface area contributed by atoms with Crippen LogP contribution in [0.5, 0.6) is 5.75 Å². The number of hydrogen-bond acceptors (Lipinski definition) is 2. The lowest BCUT2D eigenvalue weighted by atomic mass is 9.72. The number of anilines is 1. The minimum Gasteiger partial charge on any atom is -0.507 e. The van der Waals surface area contributed by atoms with E-state index in [1.54, 1.807) is 13.0 Å². The maximum Gasteiger partial charge on any atom is 0.420 e. The van der Waals surface area contributed by atoms with Crippen molar-refractivity contribution in [2.24, 2.45) is 5.41 Å². The number of alkyl halides is 3. The zero-order valence-electron chi connectivity index (χ0n) is 19.8. The van der Waals surface area contributed by atoms with Gasteiger partial charge in [-0.15, -0.1) is 0 Å². The third kappa shape index (κ3) is 7.81. The SMILES string of the molecule is CC(C=CC1=C(C)CCCC1(C)C)=CC=CC(C)=CC(=O)Nc1ccc(O)c(C(F)(F)F)c1. The second-order valence-corrected chi connectivity index (χ2v) is 9.14. The van der Waals surface area contributed by atoms with Crippen LogP contribution in [0.15, 0.2) is 76.9 Å². The Labute approximate surface area is 194 Å². The van der Waals surface area contributed by atoms with Gasteiger partial charge in [0.2, 0.25) is 5.91 Å². The minimum atomic E-state index is -4.71. The van der Waals surface area contributed by atoms with E-state index in [9.17, 15) is 23.1 Å². The second kappa shape index (κ2) is 10.7. The third-order valence-electron chi connectivity index (χ3n) is 5.70. The molecule has 0 aliphatic heterocycles. The Hall–Kier alpha value is -3.02. The smallest absolute Gasteiger partial charge is 0.420 e. The van der Waals surface area contributed by atoms with Gasteiger partial charge < -0.3 is 10.4 Å². The van der Waals surface area contributed by atoms with E-state index >= 15 is 0 Å². The summed E-state index contributed by atoms with van der Waals surface area (Å²) in [6.07, 6.45) is 9.94. The Balaban J connectivity index is 2.02. The van der Waals surface area contributed by atoms with Crippen molar-refractivity contribution in [3.05, 3.63) is 82.5 Å². The molecule has 0 saturated carbocycles. The maximum absolute atomic E-state index is 12.9. The Morgan fingerprint density at radius 2 is 1.85 bits per heavy atom. The molecule has 1 aliphatic carbocycles. The minimum absolute atomic E-state index is 0.0470. The fourth-order valence-electron chi connectivity index (χ4n) is 3.91. The molecule has 0 saturated heterocycles. The molecule has 2 N–H and O–H groups in total. The van der Waals surface area contributed by atoms with Gasteiger partial charge >= 0.3 is 6.18 Å². The van der Waals surface area contributed by atoms with E-state index in [2.05, 4.69) is 38.2 Å². The van der Waals surface area contributed by atoms with Crippen LogP contribution in [0.3, 0.4) is 0 Å². The van der Waals surface area contributed by atoms with Crippen molar-refractivity contribution in [1.29, 1.82) is 0 Å². The van der Waals surface area contributed by atoms with Crippen LogP contribution in [-0.4, -0.2) is 11.0 Å². The van der Waals surface area contributed by atoms with E-state index in [0.717, 1.165) is 18.1 Å². The highest BCUT2D eigenvalue weighted by Gasteiger charge is 2.34. The number of allylic oxidation sites excluding steroid dienone is 9. The van der Waals surface area contributed by atoms with Crippen molar-refractivity contribution in [3.8, 4) is 5.75 Å². The molecule has 0 spiro atoms. The summed E-state index contributed by atoms with van der Waals surface area (Å²) < 4.78 is 38.7. The number of phenolic OH excluding ortho intramolecular Hbond substituents is 1. The number of phenols is 1. The molecule has 0 unspecified atom stereocenters. The standard InChI is InChI=1S/C27H32F3NO2/c1-18(11-13-22-20(3)10-7-15-26(22,4)5)8-6-9-19(2)16-25(33)31-21-12-14-24(32)23(17-21)27(28,29)30/h6,8-9,11-14,16-17,32H,7,10,15H2,1-5H3,(H,31,33). The molecule has 0 atom stereocenters. The van der Waals surface area contributed by atoms with Crippen molar-refractivity contribution in [1.82, 2.24) is 0 Å². The first-order chi connectivity index (χ1) is 15.3. The highest BCUT2D eigenvalue weighted by molar-refractivity contribution is 6.00. The molecule has 0 radical (unpaired) electrons. The summed E-state index contributed by atoms with van der Waals surface area (Å²) >= 11 is 0. The summed E-state index contributed by atoms with van der Waals surface area (Å²) in [4.78, 5) is 12.1. The van der Waals surface area contributed by atoms with Crippen LogP contribution in [0, 0.1) is 5.41 Å². The Bertz CT molecular complexity index is 1040. The van der Waals surface area contributed by atoms with Gasteiger partial charge in [0.1, 0.15) is 5.75 Å². The van der Waals surface area contributed by atoms with E-state index in [1.165, 1.54) is 36.1 Å². The third-order valence-corrected chi connectivity index (χ3v) is 5.70. The molecule has 3 nitrogen and oxygen atoms in total. The Morgan fingerprint density at radius 3 is 2.48 bits per heavy atom. The lowest BCUT2D eigenvalue weighted by Gasteiger charge is -2.32. The molecule has 6 heteroatoms. The summed E-state index contributed by atoms with van der Waals surface area (Å²) in [6, 6.07) is 2.82. The van der Waals surface area contributed by atoms with Gasteiger partial charge in [0.05, 0.1) is 5.56 Å². The second-order valence-electron chi connectivity index (χ2n) is 9.14. The molecule has 0 bridgehead atoms. The van der Waals surface area contributed by atoms with Crippen LogP contribution in [0.25, 0.3) is 0 Å². The van der Waals surface area contributed by atoms with Crippen LogP contribution in [-0.2, 0) is 11.0 Å². The average Bonchev–Trinajstić information content (AvgIpc) is 2.67. The summed E-state index contributed by atoms with van der Waals surface area (Å²) in [5.74, 6) is -1.44. The van der Waals surface area contributed by atoms with Crippen molar-refractivity contribution in [2.75, 3.05) is 5.32 Å². The molecule has 0 aromatic heterocycles. The van der Waals surface area contributed by atoms with E-state index < -0.39 is 23.4 Å². The largest absolute Gasteiger partial charge is 0.507 e. The molecule has 1 amide bonds. The number of nitrogens with one attached hydrogen (secondary N) is 1. The molecular weight excluding hydrogens is 427 g/mol. The van der Waals surface area contributed by atoms with Gasteiger partial charge in [0, 0.05) is 11.8 Å². The van der Waals surface area contributed by atoms with E-state index in [-0.39, 0.29) is 11.1 Å². The number of rotatable bonds is 6. The summed E-state index contributed by atoms with van der Waals surface area (Å²) in [5.41, 5.74) is 3.47. The van der Waals surface area contributed by atoms with Crippen molar-refractivity contribution >= 4 is 11.6 Å². The highest BCUT2D eigenvalue weighted by Crippen LogP contribution is 2.41. The molecule has 2 rings (SSSR count). The summed E-state index contributed by atoms with van der Waals surface area (Å²) in [5, 5.41) is 11.8. The fraction of sp³-hybridized carbons (Fsp3) is 0.370. The predicted molar refractivity (Wildman–Crippen MR) is 128 cm³/mol. The Morgan fingerprint density at radius 1 is 1.15 bits per heavy atom. The number of amides is 1. The first kappa shape index (κ1) is 26.2. The van der Waals surface area contributed by atoms with Gasteiger partial charge in [-0.2, -0.15) is 13.2 Å². The molecule has 0 heterocycles. The first-order valence-corrected chi connectivity index (χ1v) is 10.9. The first-order valence-electron chi connectivity index (χ1n) is 10.9. The number of halogens is 3. The summed E-state index contributed by atoms with van der Waals surface area (Å²) in [6.45, 7) is 10.5. The zero-order chi connectivity index (χ0) is 24.8. The lowest BCUT2D eigenvalue weighted by Crippen LogP contribution is -2.19. The van der Waals surface area contributed by atoms with Crippen LogP contribution in [0.4, 0.5) is 18.9 Å². The summed E-state index contributed by atoms with van der Waals surface area (Å²) in [7, 11) is 0. The van der Waals surface area contributed by atoms with Crippen LogP contribution >= 0.6 is 0 Å². The fourth-order valence-corrected chi connectivity index (χ4v) is 3.91. The van der Waals surface area contributed by atoms with Gasteiger partial charge in [-0.05, 0) is 74.8 Å². The van der Waals surface area contributed by atoms with E-state index in [0.29, 0.717) is 11.6 Å². The van der Waals surface area contributed by atoms with Gasteiger partial charge in [0.15, 0.2) is 0 Å². The van der Waals surface area contributed by atoms with Gasteiger partial charge in [0.25, 0.3) is 0 Å². The van der Waals surface area contributed by atoms with E-state index in [4.69, 9.17) is 0 Å². The zero-order valence-corrected chi connectivity index (χ0v) is 19.8. The predicted octanol–water partition coefficient (Wildman–Crippen LogP) is 7.88. The topological polar surface area (TPSA) is 49.3 Å². The van der Waals surface area contributed by atoms with Gasteiger partial charge in [-0.3, -0.25) is 4.79 Å². The number of benzene rings is 1. The van der Waals surface area contributed by atoms with Crippen molar-refractivity contribution in [2.45, 2.75) is 60.1 Å². The number of carbonyl (C=O) groups is 1. The van der Waals surface area contributed by atoms with Crippen LogP contribution in [0.1, 0.15) is 59.4 Å². The number of carbonyl (C=O) groups excluding carboxylic acids is 1. The number of aromatic hydroxyl groups is 1. The van der Waals surface area contributed by atoms with E-state index in [1.807, 2.05) is 19.1 Å². The molecule has 0 fully saturated rings. The van der Waals surface area contributed by atoms with Gasteiger partial charge in [-0.25, -0.2) is 0 Å². The Kier molecular flexibility index (Phi) is 8.53. The molecule has 33 heavy (non-hydrogen) atoms. The lowest BCUT2D eigenvalue weighted by molar-refractivity contribution is -0.138. The normalized spacial score (nSPS) is 17.8. The monoisotopic (exact) mass is 459 g/mol. The van der Waals surface area contributed by atoms with Crippen LogP contribution < -0.4 is 5.32 Å². The van der Waals surface area contributed by atoms with Gasteiger partial charge in [-0.1, -0.05) is 55.4 Å². The van der Waals surface area contributed by atoms with Crippen molar-refractivity contribution in [3.63, 3.8) is 0 Å². The molecular formula is C27H32F3NO2. The average molecular weight is 460 g/mol. The van der Waals surface area contributed by atoms with Crippen LogP contribution in [0.2, 0.25) is 0 Å². The molecule has 178 valence electrons. The highest BCUT2D eigenvalue weighted by atomic mass is 19.4. The molecule has 1 aromatic carbocycles. The molecule has 1 aromatic rings. The molecule has 1 aliphatic rings. The number of hydrogen-bond donors (Lipinski definition) is 2.